The first-order valence-electron chi connectivity index (χ1n) is 10.6. The van der Waals surface area contributed by atoms with E-state index in [1.54, 1.807) is 7.11 Å². The first kappa shape index (κ1) is 23.8. The normalized spacial score (nSPS) is 12.1. The van der Waals surface area contributed by atoms with E-state index in [2.05, 4.69) is 44.0 Å². The van der Waals surface area contributed by atoms with E-state index in [0.717, 1.165) is 28.5 Å². The fourth-order valence-corrected chi connectivity index (χ4v) is 4.33. The lowest BCUT2D eigenvalue weighted by Gasteiger charge is -2.23. The van der Waals surface area contributed by atoms with Crippen molar-refractivity contribution in [3.8, 4) is 5.75 Å². The molecule has 3 rings (SSSR count). The Morgan fingerprint density at radius 2 is 1.94 bits per heavy atom. The summed E-state index contributed by atoms with van der Waals surface area (Å²) in [5.74, 6) is 1.65. The predicted molar refractivity (Wildman–Crippen MR) is 129 cm³/mol. The molecule has 1 amide bonds. The van der Waals surface area contributed by atoms with Gasteiger partial charge in [0.05, 0.1) is 31.1 Å². The van der Waals surface area contributed by atoms with Crippen molar-refractivity contribution in [3.63, 3.8) is 0 Å². The number of amides is 1. The van der Waals surface area contributed by atoms with Crippen LogP contribution in [0, 0.1) is 6.92 Å². The monoisotopic (exact) mass is 453 g/mol. The van der Waals surface area contributed by atoms with Crippen molar-refractivity contribution in [3.05, 3.63) is 65.5 Å². The predicted octanol–water partition coefficient (Wildman–Crippen LogP) is 4.39. The second-order valence-electron chi connectivity index (χ2n) is 7.84. The molecule has 0 aliphatic heterocycles. The van der Waals surface area contributed by atoms with Gasteiger partial charge >= 0.3 is 0 Å². The third-order valence-corrected chi connectivity index (χ3v) is 6.17. The summed E-state index contributed by atoms with van der Waals surface area (Å²) >= 11 is 1.39. The van der Waals surface area contributed by atoms with Gasteiger partial charge in [-0.2, -0.15) is 0 Å². The number of ether oxygens (including phenoxy) is 1. The van der Waals surface area contributed by atoms with Crippen molar-refractivity contribution in [1.82, 2.24) is 19.7 Å². The summed E-state index contributed by atoms with van der Waals surface area (Å²) < 4.78 is 7.48. The Morgan fingerprint density at radius 3 is 2.59 bits per heavy atom. The number of rotatable bonds is 10. The number of carbonyl (C=O) groups is 1. The number of nitrogens with zero attached hydrogens (tertiary/aromatic N) is 4. The van der Waals surface area contributed by atoms with Gasteiger partial charge in [-0.3, -0.25) is 9.69 Å². The molecule has 7 nitrogen and oxygen atoms in total. The second kappa shape index (κ2) is 11.2. The summed E-state index contributed by atoms with van der Waals surface area (Å²) in [7, 11) is 5.69. The lowest BCUT2D eigenvalue weighted by atomic mass is 10.2. The third-order valence-electron chi connectivity index (χ3n) is 5.20. The fourth-order valence-electron chi connectivity index (χ4n) is 3.58. The van der Waals surface area contributed by atoms with Gasteiger partial charge in [-0.05, 0) is 50.7 Å². The number of aryl methyl sites for hydroxylation is 1. The van der Waals surface area contributed by atoms with Crippen molar-refractivity contribution in [2.45, 2.75) is 38.0 Å². The Hall–Kier alpha value is -2.84. The van der Waals surface area contributed by atoms with Crippen LogP contribution < -0.4 is 10.1 Å². The van der Waals surface area contributed by atoms with Gasteiger partial charge in [0.2, 0.25) is 5.91 Å². The molecule has 0 radical (unpaired) electrons. The van der Waals surface area contributed by atoms with Gasteiger partial charge in [0.25, 0.3) is 0 Å². The van der Waals surface area contributed by atoms with E-state index in [1.165, 1.54) is 11.8 Å². The smallest absolute Gasteiger partial charge is 0.234 e. The Kier molecular flexibility index (Phi) is 8.30. The molecule has 0 saturated carbocycles. The number of carbonyl (C=O) groups excluding carboxylic acids is 1. The van der Waals surface area contributed by atoms with Crippen LogP contribution in [0.2, 0.25) is 0 Å². The molecular weight excluding hydrogens is 422 g/mol. The van der Waals surface area contributed by atoms with Gasteiger partial charge in [0.15, 0.2) is 11.0 Å². The topological polar surface area (TPSA) is 72.3 Å². The number of nitrogens with one attached hydrogen (secondary N) is 1. The number of hydrogen-bond acceptors (Lipinski definition) is 6. The maximum atomic E-state index is 12.7. The third kappa shape index (κ3) is 5.89. The van der Waals surface area contributed by atoms with Crippen molar-refractivity contribution in [1.29, 1.82) is 0 Å². The van der Waals surface area contributed by atoms with Crippen LogP contribution in [0.15, 0.2) is 53.7 Å². The molecule has 0 aliphatic rings. The lowest BCUT2D eigenvalue weighted by Crippen LogP contribution is -2.23. The molecule has 170 valence electrons. The maximum Gasteiger partial charge on any atom is 0.234 e. The summed E-state index contributed by atoms with van der Waals surface area (Å²) in [6.45, 7) is 4.77. The number of hydrogen-bond donors (Lipinski definition) is 1. The molecule has 8 heteroatoms. The average Bonchev–Trinajstić information content (AvgIpc) is 3.15. The Balaban J connectivity index is 1.79. The van der Waals surface area contributed by atoms with Crippen LogP contribution in [0.4, 0.5) is 5.69 Å². The minimum atomic E-state index is -0.116. The van der Waals surface area contributed by atoms with Crippen LogP contribution >= 0.6 is 11.8 Å². The SMILES string of the molecule is CCC(c1nnc(SCC(=O)Nc2cc(C)ccc2OC)n1Cc1ccccc1)N(C)C. The van der Waals surface area contributed by atoms with E-state index in [-0.39, 0.29) is 17.7 Å². The molecule has 0 bridgehead atoms. The first-order chi connectivity index (χ1) is 15.4. The molecule has 1 heterocycles. The molecule has 1 atom stereocenters. The molecule has 3 aromatic rings. The minimum Gasteiger partial charge on any atom is -0.495 e. The molecule has 1 N–H and O–H groups in total. The standard InChI is InChI=1S/C24H31N5O2S/c1-6-20(28(3)4)23-26-27-24(29(23)15-18-10-8-7-9-11-18)32-16-22(30)25-19-14-17(2)12-13-21(19)31-5/h7-14,20H,6,15-16H2,1-5H3,(H,25,30). The molecule has 1 unspecified atom stereocenters. The zero-order valence-corrected chi connectivity index (χ0v) is 20.1. The van der Waals surface area contributed by atoms with E-state index < -0.39 is 0 Å². The van der Waals surface area contributed by atoms with Gasteiger partial charge in [-0.1, -0.05) is 55.1 Å². The van der Waals surface area contributed by atoms with E-state index in [0.29, 0.717) is 18.0 Å². The first-order valence-corrected chi connectivity index (χ1v) is 11.6. The van der Waals surface area contributed by atoms with Gasteiger partial charge in [0, 0.05) is 0 Å². The molecule has 0 saturated heterocycles. The zero-order chi connectivity index (χ0) is 23.1. The Labute approximate surface area is 194 Å². The molecule has 0 fully saturated rings. The minimum absolute atomic E-state index is 0.116. The van der Waals surface area contributed by atoms with E-state index in [4.69, 9.17) is 4.74 Å². The molecule has 0 spiro atoms. The summed E-state index contributed by atoms with van der Waals surface area (Å²) in [6, 6.07) is 16.1. The van der Waals surface area contributed by atoms with Gasteiger partial charge in [-0.15, -0.1) is 10.2 Å². The number of methoxy groups -OCH3 is 1. The van der Waals surface area contributed by atoms with Gasteiger partial charge in [0.1, 0.15) is 5.75 Å². The number of thioether (sulfide) groups is 1. The average molecular weight is 454 g/mol. The number of benzene rings is 2. The second-order valence-corrected chi connectivity index (χ2v) is 8.78. The molecule has 1 aromatic heterocycles. The van der Waals surface area contributed by atoms with Crippen LogP contribution in [0.1, 0.15) is 36.3 Å². The highest BCUT2D eigenvalue weighted by Crippen LogP contribution is 2.28. The van der Waals surface area contributed by atoms with Gasteiger partial charge < -0.3 is 14.6 Å². The van der Waals surface area contributed by atoms with Crippen LogP contribution in [0.25, 0.3) is 0 Å². The van der Waals surface area contributed by atoms with Crippen molar-refractivity contribution >= 4 is 23.4 Å². The Morgan fingerprint density at radius 1 is 1.19 bits per heavy atom. The highest BCUT2D eigenvalue weighted by atomic mass is 32.2. The maximum absolute atomic E-state index is 12.7. The summed E-state index contributed by atoms with van der Waals surface area (Å²) in [6.07, 6.45) is 0.915. The quantitative estimate of drug-likeness (QED) is 0.459. The van der Waals surface area contributed by atoms with E-state index >= 15 is 0 Å². The summed E-state index contributed by atoms with van der Waals surface area (Å²) in [5.41, 5.74) is 2.89. The largest absolute Gasteiger partial charge is 0.495 e. The Bertz CT molecular complexity index is 1040. The molecule has 2 aromatic carbocycles. The van der Waals surface area contributed by atoms with Crippen molar-refractivity contribution in [2.24, 2.45) is 0 Å². The number of anilines is 1. The fraction of sp³-hybridized carbons (Fsp3) is 0.375. The van der Waals surface area contributed by atoms with Crippen LogP contribution in [0.5, 0.6) is 5.75 Å². The highest BCUT2D eigenvalue weighted by Gasteiger charge is 2.22. The zero-order valence-electron chi connectivity index (χ0n) is 19.3. The van der Waals surface area contributed by atoms with Gasteiger partial charge in [-0.25, -0.2) is 0 Å². The molecular formula is C24H31N5O2S. The number of aromatic nitrogens is 3. The van der Waals surface area contributed by atoms with Crippen LogP contribution in [-0.2, 0) is 11.3 Å². The summed E-state index contributed by atoms with van der Waals surface area (Å²) in [5, 5.41) is 12.6. The molecule has 32 heavy (non-hydrogen) atoms. The van der Waals surface area contributed by atoms with Crippen molar-refractivity contribution < 1.29 is 9.53 Å². The van der Waals surface area contributed by atoms with Crippen LogP contribution in [-0.4, -0.2) is 52.5 Å². The summed E-state index contributed by atoms with van der Waals surface area (Å²) in [4.78, 5) is 14.8. The molecule has 0 aliphatic carbocycles. The lowest BCUT2D eigenvalue weighted by molar-refractivity contribution is -0.113. The van der Waals surface area contributed by atoms with Crippen molar-refractivity contribution in [2.75, 3.05) is 32.3 Å². The van der Waals surface area contributed by atoms with E-state index in [1.807, 2.05) is 57.4 Å². The van der Waals surface area contributed by atoms with Crippen LogP contribution in [0.3, 0.4) is 0 Å². The van der Waals surface area contributed by atoms with E-state index in [9.17, 15) is 4.79 Å². The highest BCUT2D eigenvalue weighted by molar-refractivity contribution is 7.99.